The number of ether oxygens (including phenoxy) is 2. The first-order valence-electron chi connectivity index (χ1n) is 12.2. The average Bonchev–Trinajstić information content (AvgIpc) is 2.70. The fraction of sp³-hybridized carbons (Fsp3) is 0.840. The quantitative estimate of drug-likeness (QED) is 0.0862. The van der Waals surface area contributed by atoms with E-state index in [-0.39, 0.29) is 6.42 Å². The van der Waals surface area contributed by atoms with E-state index in [2.05, 4.69) is 19.1 Å². The number of esters is 2. The van der Waals surface area contributed by atoms with E-state index in [9.17, 15) is 9.59 Å². The number of hydrogen-bond donors (Lipinski definition) is 0. The van der Waals surface area contributed by atoms with Crippen LogP contribution >= 0.6 is 0 Å². The number of hydrogen-bond acceptors (Lipinski definition) is 4. The summed E-state index contributed by atoms with van der Waals surface area (Å²) >= 11 is 0. The molecular weight excluding hydrogens is 364 g/mol. The van der Waals surface area contributed by atoms with Crippen molar-refractivity contribution in [1.82, 2.24) is 0 Å². The molecule has 0 aromatic rings. The predicted molar refractivity (Wildman–Crippen MR) is 121 cm³/mol. The van der Waals surface area contributed by atoms with E-state index >= 15 is 0 Å². The summed E-state index contributed by atoms with van der Waals surface area (Å²) in [7, 11) is 0. The molecule has 0 fully saturated rings. The Morgan fingerprint density at radius 2 is 1.03 bits per heavy atom. The smallest absolute Gasteiger partial charge is 0.317 e. The highest BCUT2D eigenvalue weighted by Gasteiger charge is 2.10. The van der Waals surface area contributed by atoms with Crippen molar-refractivity contribution in [3.63, 3.8) is 0 Å². The first kappa shape index (κ1) is 27.7. The molecule has 0 radical (unpaired) electrons. The van der Waals surface area contributed by atoms with Crippen LogP contribution in [0.25, 0.3) is 0 Å². The summed E-state index contributed by atoms with van der Waals surface area (Å²) in [4.78, 5) is 22.5. The lowest BCUT2D eigenvalue weighted by Crippen LogP contribution is -2.14. The first-order valence-corrected chi connectivity index (χ1v) is 12.2. The number of rotatable bonds is 21. The summed E-state index contributed by atoms with van der Waals surface area (Å²) in [5.41, 5.74) is 0. The molecule has 0 spiro atoms. The minimum atomic E-state index is -0.509. The van der Waals surface area contributed by atoms with Gasteiger partial charge in [0, 0.05) is 0 Å². The van der Waals surface area contributed by atoms with Gasteiger partial charge in [-0.2, -0.15) is 0 Å². The molecule has 0 aromatic heterocycles. The third-order valence-electron chi connectivity index (χ3n) is 5.01. The highest BCUT2D eigenvalue weighted by atomic mass is 16.6. The summed E-state index contributed by atoms with van der Waals surface area (Å²) in [5, 5.41) is 0. The van der Waals surface area contributed by atoms with Gasteiger partial charge in [-0.05, 0) is 39.0 Å². The maximum absolute atomic E-state index is 11.4. The predicted octanol–water partition coefficient (Wildman–Crippen LogP) is 7.30. The zero-order valence-corrected chi connectivity index (χ0v) is 19.2. The van der Waals surface area contributed by atoms with Crippen molar-refractivity contribution in [3.8, 4) is 0 Å². The molecule has 0 heterocycles. The maximum Gasteiger partial charge on any atom is 0.317 e. The van der Waals surface area contributed by atoms with Crippen molar-refractivity contribution in [2.75, 3.05) is 13.2 Å². The summed E-state index contributed by atoms with van der Waals surface area (Å²) in [6.07, 6.45) is 24.9. The van der Waals surface area contributed by atoms with Crippen LogP contribution in [0, 0.1) is 0 Å². The molecule has 0 aliphatic rings. The highest BCUT2D eigenvalue weighted by Crippen LogP contribution is 2.11. The van der Waals surface area contributed by atoms with E-state index < -0.39 is 11.9 Å². The van der Waals surface area contributed by atoms with Crippen molar-refractivity contribution in [2.24, 2.45) is 0 Å². The molecule has 0 aliphatic heterocycles. The van der Waals surface area contributed by atoms with Crippen LogP contribution in [0.2, 0.25) is 0 Å². The third kappa shape index (κ3) is 22.8. The molecular formula is C25H46O4. The van der Waals surface area contributed by atoms with Gasteiger partial charge in [-0.25, -0.2) is 0 Å². The van der Waals surface area contributed by atoms with Crippen LogP contribution in [0.1, 0.15) is 123 Å². The summed E-state index contributed by atoms with van der Waals surface area (Å²) < 4.78 is 9.75. The van der Waals surface area contributed by atoms with Gasteiger partial charge in [0.15, 0.2) is 0 Å². The average molecular weight is 411 g/mol. The van der Waals surface area contributed by atoms with Gasteiger partial charge < -0.3 is 9.47 Å². The third-order valence-corrected chi connectivity index (χ3v) is 5.01. The Hall–Kier alpha value is -1.32. The van der Waals surface area contributed by atoms with Crippen LogP contribution in [-0.2, 0) is 19.1 Å². The Balaban J connectivity index is 3.21. The van der Waals surface area contributed by atoms with E-state index in [0.29, 0.717) is 13.2 Å². The van der Waals surface area contributed by atoms with Crippen LogP contribution < -0.4 is 0 Å². The Morgan fingerprint density at radius 3 is 1.55 bits per heavy atom. The monoisotopic (exact) mass is 410 g/mol. The molecule has 29 heavy (non-hydrogen) atoms. The molecule has 0 rings (SSSR count). The fourth-order valence-corrected chi connectivity index (χ4v) is 3.27. The first-order chi connectivity index (χ1) is 14.2. The van der Waals surface area contributed by atoms with Gasteiger partial charge in [-0.3, -0.25) is 9.59 Å². The second-order valence-electron chi connectivity index (χ2n) is 7.85. The maximum atomic E-state index is 11.4. The molecule has 0 saturated heterocycles. The van der Waals surface area contributed by atoms with E-state index in [1.54, 1.807) is 6.92 Å². The zero-order chi connectivity index (χ0) is 21.4. The van der Waals surface area contributed by atoms with Gasteiger partial charge in [0.2, 0.25) is 0 Å². The number of unbranched alkanes of at least 4 members (excludes halogenated alkanes) is 14. The SMILES string of the molecule is CCCCCCCC/C=C/CCCCCCCCCCOC(=O)CC(=O)OCC. The Bertz CT molecular complexity index is 404. The Labute approximate surface area is 179 Å². The van der Waals surface area contributed by atoms with Gasteiger partial charge in [0.25, 0.3) is 0 Å². The molecule has 0 amide bonds. The van der Waals surface area contributed by atoms with Crippen LogP contribution in [0.5, 0.6) is 0 Å². The van der Waals surface area contributed by atoms with Crippen LogP contribution in [-0.4, -0.2) is 25.2 Å². The normalized spacial score (nSPS) is 11.1. The van der Waals surface area contributed by atoms with Gasteiger partial charge >= 0.3 is 11.9 Å². The van der Waals surface area contributed by atoms with E-state index in [1.165, 1.54) is 89.9 Å². The molecule has 0 atom stereocenters. The lowest BCUT2D eigenvalue weighted by Gasteiger charge is -2.05. The van der Waals surface area contributed by atoms with Crippen molar-refractivity contribution >= 4 is 11.9 Å². The minimum absolute atomic E-state index is 0.276. The van der Waals surface area contributed by atoms with Crippen molar-refractivity contribution in [3.05, 3.63) is 12.2 Å². The van der Waals surface area contributed by atoms with Crippen LogP contribution in [0.15, 0.2) is 12.2 Å². The largest absolute Gasteiger partial charge is 0.466 e. The number of carbonyl (C=O) groups excluding carboxylic acids is 2. The van der Waals surface area contributed by atoms with Crippen molar-refractivity contribution in [1.29, 1.82) is 0 Å². The molecule has 170 valence electrons. The molecule has 0 N–H and O–H groups in total. The molecule has 0 aromatic carbocycles. The van der Waals surface area contributed by atoms with Crippen LogP contribution in [0.4, 0.5) is 0 Å². The van der Waals surface area contributed by atoms with Crippen molar-refractivity contribution in [2.45, 2.75) is 123 Å². The van der Waals surface area contributed by atoms with Gasteiger partial charge in [0.1, 0.15) is 6.42 Å². The molecule has 0 saturated carbocycles. The fourth-order valence-electron chi connectivity index (χ4n) is 3.27. The number of allylic oxidation sites excluding steroid dienone is 2. The second-order valence-corrected chi connectivity index (χ2v) is 7.85. The van der Waals surface area contributed by atoms with E-state index in [4.69, 9.17) is 9.47 Å². The standard InChI is InChI=1S/C25H46O4/c1-3-5-6-7-8-9-10-11-12-13-14-15-16-17-18-19-20-21-22-29-25(27)23-24(26)28-4-2/h11-12H,3-10,13-23H2,1-2H3/b12-11+. The van der Waals surface area contributed by atoms with Gasteiger partial charge in [0.05, 0.1) is 13.2 Å². The van der Waals surface area contributed by atoms with E-state index in [1.807, 2.05) is 0 Å². The second kappa shape index (κ2) is 23.0. The van der Waals surface area contributed by atoms with Gasteiger partial charge in [-0.15, -0.1) is 0 Å². The topological polar surface area (TPSA) is 52.6 Å². The Morgan fingerprint density at radius 1 is 0.586 bits per heavy atom. The Kier molecular flexibility index (Phi) is 21.9. The van der Waals surface area contributed by atoms with Crippen molar-refractivity contribution < 1.29 is 19.1 Å². The number of carbonyl (C=O) groups is 2. The van der Waals surface area contributed by atoms with Gasteiger partial charge in [-0.1, -0.05) is 89.7 Å². The molecule has 0 bridgehead atoms. The summed E-state index contributed by atoms with van der Waals surface area (Å²) in [6, 6.07) is 0. The lowest BCUT2D eigenvalue weighted by molar-refractivity contribution is -0.154. The summed E-state index contributed by atoms with van der Waals surface area (Å²) in [5.74, 6) is -0.990. The minimum Gasteiger partial charge on any atom is -0.466 e. The molecule has 4 heteroatoms. The molecule has 0 unspecified atom stereocenters. The van der Waals surface area contributed by atoms with Crippen LogP contribution in [0.3, 0.4) is 0 Å². The zero-order valence-electron chi connectivity index (χ0n) is 19.2. The summed E-state index contributed by atoms with van der Waals surface area (Å²) in [6.45, 7) is 4.69. The molecule has 0 aliphatic carbocycles. The molecule has 4 nitrogen and oxygen atoms in total. The highest BCUT2D eigenvalue weighted by molar-refractivity contribution is 5.91. The lowest BCUT2D eigenvalue weighted by atomic mass is 10.1. The van der Waals surface area contributed by atoms with E-state index in [0.717, 1.165) is 12.8 Å².